The molecule has 2 aromatic carbocycles. The average molecular weight is 513 g/mol. The maximum absolute atomic E-state index is 13.0. The highest BCUT2D eigenvalue weighted by Gasteiger charge is 2.46. The fourth-order valence-electron chi connectivity index (χ4n) is 3.78. The Bertz CT molecular complexity index is 1230. The molecule has 1 saturated heterocycles. The summed E-state index contributed by atoms with van der Waals surface area (Å²) in [7, 11) is -4.10. The van der Waals surface area contributed by atoms with Crippen LogP contribution in [0.3, 0.4) is 0 Å². The number of carbonyl (C=O) groups excluding carboxylic acids is 3. The zero-order valence-electron chi connectivity index (χ0n) is 18.8. The third-order valence-electron chi connectivity index (χ3n) is 5.76. The van der Waals surface area contributed by atoms with Gasteiger partial charge in [0.2, 0.25) is 18.2 Å². The Labute approximate surface area is 199 Å². The van der Waals surface area contributed by atoms with E-state index in [2.05, 4.69) is 0 Å². The van der Waals surface area contributed by atoms with Gasteiger partial charge in [-0.1, -0.05) is 38.1 Å². The van der Waals surface area contributed by atoms with E-state index < -0.39 is 57.1 Å². The van der Waals surface area contributed by atoms with Gasteiger partial charge in [0.15, 0.2) is 9.84 Å². The number of nitrogens with zero attached hydrogens (tertiary/aromatic N) is 2. The maximum Gasteiger partial charge on any atom is 0.416 e. The first-order valence-corrected chi connectivity index (χ1v) is 12.1. The molecule has 12 heteroatoms. The zero-order chi connectivity index (χ0) is 26.2. The number of rotatable bonds is 8. The molecule has 1 fully saturated rings. The smallest absolute Gasteiger partial charge is 0.286 e. The Morgan fingerprint density at radius 3 is 2.00 bits per heavy atom. The number of alkyl halides is 3. The number of sulfone groups is 1. The Morgan fingerprint density at radius 1 is 1.06 bits per heavy atom. The lowest BCUT2D eigenvalue weighted by Crippen LogP contribution is -2.48. The van der Waals surface area contributed by atoms with Crippen molar-refractivity contribution < 1.29 is 41.2 Å². The molecule has 2 aromatic rings. The summed E-state index contributed by atoms with van der Waals surface area (Å²) in [6.45, 7) is 2.63. The molecule has 3 amide bonds. The van der Waals surface area contributed by atoms with E-state index in [0.717, 1.165) is 17.0 Å². The van der Waals surface area contributed by atoms with Crippen LogP contribution in [0.5, 0.6) is 0 Å². The fourth-order valence-corrected chi connectivity index (χ4v) is 5.29. The van der Waals surface area contributed by atoms with Crippen LogP contribution in [0.2, 0.25) is 0 Å². The monoisotopic (exact) mass is 512 g/mol. The van der Waals surface area contributed by atoms with Crippen LogP contribution in [0.25, 0.3) is 11.1 Å². The second-order valence-corrected chi connectivity index (χ2v) is 10.9. The van der Waals surface area contributed by atoms with E-state index in [-0.39, 0.29) is 22.8 Å². The number of halogens is 3. The van der Waals surface area contributed by atoms with Gasteiger partial charge in [-0.2, -0.15) is 13.2 Å². The predicted molar refractivity (Wildman–Crippen MR) is 118 cm³/mol. The molecule has 1 aliphatic heterocycles. The minimum Gasteiger partial charge on any atom is -0.286 e. The normalized spacial score (nSPS) is 16.9. The number of likely N-dealkylation sites (tertiary alicyclic amines) is 1. The van der Waals surface area contributed by atoms with Gasteiger partial charge in [-0.3, -0.25) is 24.5 Å². The molecule has 1 atom stereocenters. The Morgan fingerprint density at radius 2 is 1.57 bits per heavy atom. The molecule has 1 N–H and O–H groups in total. The van der Waals surface area contributed by atoms with Crippen LogP contribution >= 0.6 is 0 Å². The van der Waals surface area contributed by atoms with Gasteiger partial charge in [-0.05, 0) is 35.4 Å². The molecule has 1 unspecified atom stereocenters. The molecule has 1 heterocycles. The highest BCUT2D eigenvalue weighted by Crippen LogP contribution is 2.33. The molecule has 0 bridgehead atoms. The molecule has 0 aliphatic carbocycles. The van der Waals surface area contributed by atoms with Gasteiger partial charge in [0.1, 0.15) is 0 Å². The van der Waals surface area contributed by atoms with Crippen molar-refractivity contribution in [3.63, 3.8) is 0 Å². The average Bonchev–Trinajstić information content (AvgIpc) is 2.98. The van der Waals surface area contributed by atoms with Crippen LogP contribution in [0.1, 0.15) is 25.8 Å². The van der Waals surface area contributed by atoms with Crippen molar-refractivity contribution in [3.8, 4) is 11.1 Å². The van der Waals surface area contributed by atoms with Crippen molar-refractivity contribution in [2.45, 2.75) is 37.4 Å². The first-order valence-electron chi connectivity index (χ1n) is 10.4. The molecular weight excluding hydrogens is 489 g/mol. The van der Waals surface area contributed by atoms with Crippen LogP contribution in [0, 0.1) is 5.41 Å². The minimum atomic E-state index is -4.48. The van der Waals surface area contributed by atoms with Crippen LogP contribution in [-0.2, 0) is 30.4 Å². The van der Waals surface area contributed by atoms with Crippen LogP contribution < -0.4 is 0 Å². The van der Waals surface area contributed by atoms with E-state index in [9.17, 15) is 41.2 Å². The fraction of sp³-hybridized carbons (Fsp3) is 0.348. The van der Waals surface area contributed by atoms with Crippen molar-refractivity contribution in [2.24, 2.45) is 5.41 Å². The molecular formula is C23H23F3N2O6S. The van der Waals surface area contributed by atoms with Gasteiger partial charge in [0.05, 0.1) is 34.2 Å². The number of benzene rings is 2. The summed E-state index contributed by atoms with van der Waals surface area (Å²) in [5.74, 6) is -1.85. The molecule has 0 saturated carbocycles. The largest absolute Gasteiger partial charge is 0.416 e. The summed E-state index contributed by atoms with van der Waals surface area (Å²) in [5.41, 5.74) is -0.873. The van der Waals surface area contributed by atoms with Gasteiger partial charge in [0.25, 0.3) is 0 Å². The third-order valence-corrected chi connectivity index (χ3v) is 7.58. The highest BCUT2D eigenvalue weighted by atomic mass is 32.2. The van der Waals surface area contributed by atoms with E-state index in [0.29, 0.717) is 11.1 Å². The highest BCUT2D eigenvalue weighted by molar-refractivity contribution is 7.91. The predicted octanol–water partition coefficient (Wildman–Crippen LogP) is 3.15. The summed E-state index contributed by atoms with van der Waals surface area (Å²) in [6.07, 6.45) is -4.57. The Hall–Kier alpha value is -3.25. The molecule has 35 heavy (non-hydrogen) atoms. The quantitative estimate of drug-likeness (QED) is 0.252. The van der Waals surface area contributed by atoms with E-state index in [1.165, 1.54) is 36.4 Å². The van der Waals surface area contributed by atoms with Crippen molar-refractivity contribution in [1.29, 1.82) is 0 Å². The van der Waals surface area contributed by atoms with E-state index in [4.69, 9.17) is 0 Å². The van der Waals surface area contributed by atoms with E-state index in [1.54, 1.807) is 13.8 Å². The van der Waals surface area contributed by atoms with Gasteiger partial charge in [-0.15, -0.1) is 0 Å². The van der Waals surface area contributed by atoms with Crippen LogP contribution in [0.4, 0.5) is 13.2 Å². The first kappa shape index (κ1) is 26.4. The van der Waals surface area contributed by atoms with Crippen molar-refractivity contribution in [1.82, 2.24) is 9.96 Å². The number of hydrogen-bond acceptors (Lipinski definition) is 6. The van der Waals surface area contributed by atoms with Gasteiger partial charge < -0.3 is 0 Å². The van der Waals surface area contributed by atoms with Gasteiger partial charge >= 0.3 is 6.18 Å². The van der Waals surface area contributed by atoms with E-state index in [1.807, 2.05) is 0 Å². The first-order chi connectivity index (χ1) is 16.2. The van der Waals surface area contributed by atoms with Gasteiger partial charge in [0, 0.05) is 6.42 Å². The Kier molecular flexibility index (Phi) is 7.09. The number of hydroxylamine groups is 2. The SMILES string of the molecule is CC1(C)CC(=O)N(CC(CS(=O)(=O)c2ccc(-c3ccc(C(F)(F)F)cc3)cc2)N(O)C=O)C1=O. The summed E-state index contributed by atoms with van der Waals surface area (Å²) in [6, 6.07) is 8.28. The van der Waals surface area contributed by atoms with Crippen molar-refractivity contribution in [3.05, 3.63) is 54.1 Å². The lowest BCUT2D eigenvalue weighted by atomic mass is 9.92. The zero-order valence-corrected chi connectivity index (χ0v) is 19.6. The summed E-state index contributed by atoms with van der Waals surface area (Å²) < 4.78 is 64.2. The van der Waals surface area contributed by atoms with Gasteiger partial charge in [-0.25, -0.2) is 13.5 Å². The topological polar surface area (TPSA) is 112 Å². The lowest BCUT2D eigenvalue weighted by Gasteiger charge is -2.27. The molecule has 8 nitrogen and oxygen atoms in total. The maximum atomic E-state index is 13.0. The summed E-state index contributed by atoms with van der Waals surface area (Å²) >= 11 is 0. The number of carbonyl (C=O) groups is 3. The summed E-state index contributed by atoms with van der Waals surface area (Å²) in [5, 5.41) is 10.0. The second-order valence-electron chi connectivity index (χ2n) is 8.89. The van der Waals surface area contributed by atoms with E-state index >= 15 is 0 Å². The molecule has 188 valence electrons. The standard InChI is InChI=1S/C23H23F3N2O6S/c1-22(2)11-20(30)27(21(22)31)12-18(28(32)14-29)13-35(33,34)19-9-5-16(6-10-19)15-3-7-17(8-4-15)23(24,25)26/h3-10,14,18,32H,11-13H2,1-2H3. The van der Waals surface area contributed by atoms with Crippen molar-refractivity contribution >= 4 is 28.1 Å². The summed E-state index contributed by atoms with van der Waals surface area (Å²) in [4.78, 5) is 36.5. The second kappa shape index (κ2) is 9.42. The molecule has 3 rings (SSSR count). The number of hydrogen-bond donors (Lipinski definition) is 1. The molecule has 1 aliphatic rings. The third kappa shape index (κ3) is 5.70. The molecule has 0 spiro atoms. The lowest BCUT2D eigenvalue weighted by molar-refractivity contribution is -0.163. The van der Waals surface area contributed by atoms with Crippen molar-refractivity contribution in [2.75, 3.05) is 12.3 Å². The molecule has 0 aromatic heterocycles. The molecule has 0 radical (unpaired) electrons. The van der Waals surface area contributed by atoms with Crippen LogP contribution in [-0.4, -0.2) is 60.2 Å². The Balaban J connectivity index is 1.80. The van der Waals surface area contributed by atoms with Crippen LogP contribution in [0.15, 0.2) is 53.4 Å². The minimum absolute atomic E-state index is 0.00986. The number of amides is 3. The number of imide groups is 1.